The van der Waals surface area contributed by atoms with Crippen molar-refractivity contribution < 1.29 is 9.90 Å². The molecule has 1 aromatic carbocycles. The number of hydrogen-bond acceptors (Lipinski definition) is 5. The second kappa shape index (κ2) is 9.33. The Labute approximate surface area is 210 Å². The molecule has 2 aliphatic rings. The molecule has 0 spiro atoms. The Morgan fingerprint density at radius 1 is 1.14 bits per heavy atom. The van der Waals surface area contributed by atoms with Crippen molar-refractivity contribution in [3.8, 4) is 11.3 Å². The van der Waals surface area contributed by atoms with E-state index in [4.69, 9.17) is 0 Å². The second-order valence-corrected chi connectivity index (χ2v) is 10.7. The molecule has 0 bridgehead atoms. The van der Waals surface area contributed by atoms with Crippen LogP contribution in [0.25, 0.3) is 33.2 Å². The molecule has 0 saturated carbocycles. The highest BCUT2D eigenvalue weighted by Crippen LogP contribution is 2.39. The molecule has 3 aromatic heterocycles. The van der Waals surface area contributed by atoms with Gasteiger partial charge in [0.2, 0.25) is 5.91 Å². The zero-order chi connectivity index (χ0) is 24.8. The Bertz CT molecular complexity index is 1400. The molecule has 8 heteroatoms. The monoisotopic (exact) mass is 486 g/mol. The third-order valence-electron chi connectivity index (χ3n) is 7.99. The first-order valence-electron chi connectivity index (χ1n) is 13.1. The van der Waals surface area contributed by atoms with Gasteiger partial charge in [0.15, 0.2) is 5.65 Å². The van der Waals surface area contributed by atoms with Gasteiger partial charge in [-0.15, -0.1) is 0 Å². The molecule has 0 aliphatic carbocycles. The first-order chi connectivity index (χ1) is 17.5. The summed E-state index contributed by atoms with van der Waals surface area (Å²) < 4.78 is 0. The highest BCUT2D eigenvalue weighted by Gasteiger charge is 2.28. The molecule has 6 rings (SSSR count). The van der Waals surface area contributed by atoms with E-state index in [0.29, 0.717) is 24.9 Å². The maximum Gasteiger partial charge on any atom is 0.236 e. The molecule has 1 amide bonds. The van der Waals surface area contributed by atoms with Gasteiger partial charge < -0.3 is 15.0 Å². The number of pyridine rings is 1. The summed E-state index contributed by atoms with van der Waals surface area (Å²) in [5.74, 6) is 0.993. The minimum absolute atomic E-state index is 0.193. The van der Waals surface area contributed by atoms with Crippen molar-refractivity contribution in [2.75, 3.05) is 32.7 Å². The number of carbonyl (C=O) groups is 1. The maximum absolute atomic E-state index is 12.8. The summed E-state index contributed by atoms with van der Waals surface area (Å²) in [6.45, 7) is 7.94. The number of aromatic amines is 2. The molecular formula is C28H34N6O2. The fourth-order valence-corrected chi connectivity index (χ4v) is 6.07. The lowest BCUT2D eigenvalue weighted by Crippen LogP contribution is -2.43. The molecular weight excluding hydrogens is 452 g/mol. The van der Waals surface area contributed by atoms with Gasteiger partial charge in [0.25, 0.3) is 0 Å². The van der Waals surface area contributed by atoms with Crippen LogP contribution in [-0.4, -0.2) is 79.8 Å². The van der Waals surface area contributed by atoms with Gasteiger partial charge in [-0.1, -0.05) is 19.9 Å². The number of β-amino-alcohol motifs (C(OH)–C–C–N with tert-alkyl or cyclic N) is 1. The molecule has 1 atom stereocenters. The van der Waals surface area contributed by atoms with Crippen molar-refractivity contribution >= 4 is 27.8 Å². The van der Waals surface area contributed by atoms with Gasteiger partial charge >= 0.3 is 0 Å². The maximum atomic E-state index is 12.8. The Balaban J connectivity index is 1.23. The average molecular weight is 487 g/mol. The largest absolute Gasteiger partial charge is 0.392 e. The predicted molar refractivity (Wildman–Crippen MR) is 141 cm³/mol. The van der Waals surface area contributed by atoms with Crippen molar-refractivity contribution in [1.82, 2.24) is 30.0 Å². The van der Waals surface area contributed by atoms with Crippen molar-refractivity contribution in [2.24, 2.45) is 0 Å². The van der Waals surface area contributed by atoms with Crippen LogP contribution in [0.3, 0.4) is 0 Å². The summed E-state index contributed by atoms with van der Waals surface area (Å²) in [7, 11) is 0. The number of aliphatic hydroxyl groups excluding tert-OH is 1. The van der Waals surface area contributed by atoms with Crippen LogP contribution in [0.1, 0.15) is 56.1 Å². The molecule has 188 valence electrons. The highest BCUT2D eigenvalue weighted by atomic mass is 16.3. The van der Waals surface area contributed by atoms with Crippen molar-refractivity contribution in [3.05, 3.63) is 47.8 Å². The summed E-state index contributed by atoms with van der Waals surface area (Å²) >= 11 is 0. The summed E-state index contributed by atoms with van der Waals surface area (Å²) in [5, 5.41) is 19.2. The molecule has 4 aromatic rings. The van der Waals surface area contributed by atoms with Crippen LogP contribution in [0.5, 0.6) is 0 Å². The number of aromatic nitrogens is 4. The normalized spacial score (nSPS) is 19.8. The Morgan fingerprint density at radius 2 is 1.97 bits per heavy atom. The molecule has 5 heterocycles. The quantitative estimate of drug-likeness (QED) is 0.396. The topological polar surface area (TPSA) is 101 Å². The van der Waals surface area contributed by atoms with Gasteiger partial charge in [-0.2, -0.15) is 5.10 Å². The van der Waals surface area contributed by atoms with E-state index in [1.165, 1.54) is 16.5 Å². The van der Waals surface area contributed by atoms with Crippen LogP contribution in [0.15, 0.2) is 36.7 Å². The number of carbonyl (C=O) groups excluding carboxylic acids is 1. The van der Waals surface area contributed by atoms with Gasteiger partial charge in [-0.05, 0) is 60.4 Å². The van der Waals surface area contributed by atoms with Gasteiger partial charge in [0.1, 0.15) is 0 Å². The number of amides is 1. The second-order valence-electron chi connectivity index (χ2n) is 10.7. The molecule has 2 saturated heterocycles. The van der Waals surface area contributed by atoms with E-state index in [1.54, 1.807) is 0 Å². The van der Waals surface area contributed by atoms with E-state index in [9.17, 15) is 9.90 Å². The third kappa shape index (κ3) is 4.18. The lowest BCUT2D eigenvalue weighted by Gasteiger charge is -2.33. The van der Waals surface area contributed by atoms with Gasteiger partial charge in [0, 0.05) is 54.2 Å². The van der Waals surface area contributed by atoms with Crippen LogP contribution in [0, 0.1) is 0 Å². The minimum Gasteiger partial charge on any atom is -0.392 e. The SMILES string of the molecule is CC(C)c1c(-c2ccnc3[nH]ncc23)[nH]c2ccc(C3CCN(C(=O)CN4CC[C@H](O)C4)CC3)cc12. The van der Waals surface area contributed by atoms with E-state index < -0.39 is 0 Å². The van der Waals surface area contributed by atoms with Gasteiger partial charge in [-0.3, -0.25) is 14.8 Å². The summed E-state index contributed by atoms with van der Waals surface area (Å²) in [6, 6.07) is 8.89. The number of hydrogen-bond donors (Lipinski definition) is 3. The third-order valence-corrected chi connectivity index (χ3v) is 7.99. The van der Waals surface area contributed by atoms with E-state index in [2.05, 4.69) is 63.2 Å². The Morgan fingerprint density at radius 3 is 2.72 bits per heavy atom. The molecule has 0 unspecified atom stereocenters. The number of piperidine rings is 1. The first kappa shape index (κ1) is 23.2. The number of H-pyrrole nitrogens is 2. The number of nitrogens with zero attached hydrogens (tertiary/aromatic N) is 4. The molecule has 2 fully saturated rings. The van der Waals surface area contributed by atoms with Crippen LogP contribution in [-0.2, 0) is 4.79 Å². The smallest absolute Gasteiger partial charge is 0.236 e. The number of benzene rings is 1. The Kier molecular flexibility index (Phi) is 6.01. The summed E-state index contributed by atoms with van der Waals surface area (Å²) in [6.07, 6.45) is 6.12. The first-order valence-corrected chi connectivity index (χ1v) is 13.1. The molecule has 2 aliphatic heterocycles. The Hall–Kier alpha value is -3.23. The lowest BCUT2D eigenvalue weighted by atomic mass is 9.87. The molecule has 36 heavy (non-hydrogen) atoms. The summed E-state index contributed by atoms with van der Waals surface area (Å²) in [5.41, 5.74) is 6.87. The predicted octanol–water partition coefficient (Wildman–Crippen LogP) is 4.00. The minimum atomic E-state index is -0.285. The number of aliphatic hydroxyl groups is 1. The van der Waals surface area contributed by atoms with Gasteiger partial charge in [0.05, 0.1) is 24.5 Å². The van der Waals surface area contributed by atoms with E-state index in [0.717, 1.165) is 66.7 Å². The van der Waals surface area contributed by atoms with Crippen molar-refractivity contribution in [1.29, 1.82) is 0 Å². The number of fused-ring (bicyclic) bond motifs is 2. The van der Waals surface area contributed by atoms with Crippen molar-refractivity contribution in [2.45, 2.75) is 51.0 Å². The van der Waals surface area contributed by atoms with E-state index in [1.807, 2.05) is 17.3 Å². The number of nitrogens with one attached hydrogen (secondary N) is 2. The van der Waals surface area contributed by atoms with Crippen LogP contribution in [0.4, 0.5) is 0 Å². The zero-order valence-corrected chi connectivity index (χ0v) is 21.0. The molecule has 3 N–H and O–H groups in total. The van der Waals surface area contributed by atoms with E-state index >= 15 is 0 Å². The van der Waals surface area contributed by atoms with Crippen molar-refractivity contribution in [3.63, 3.8) is 0 Å². The van der Waals surface area contributed by atoms with Gasteiger partial charge in [-0.25, -0.2) is 4.98 Å². The van der Waals surface area contributed by atoms with Crippen LogP contribution >= 0.6 is 0 Å². The number of likely N-dealkylation sites (tertiary alicyclic amines) is 2. The highest BCUT2D eigenvalue weighted by molar-refractivity contribution is 5.98. The zero-order valence-electron chi connectivity index (χ0n) is 21.0. The standard InChI is InChI=1S/C28H34N6O2/c1-17(2)26-22-13-19(18-6-11-34(12-7-18)25(36)16-33-10-8-20(35)15-33)3-4-24(22)31-27(26)21-5-9-29-28-23(21)14-30-32-28/h3-5,9,13-14,17-18,20,31,35H,6-8,10-12,15-16H2,1-2H3,(H,29,30,32)/t20-/m0/s1. The van der Waals surface area contributed by atoms with Crippen LogP contribution in [0.2, 0.25) is 0 Å². The fourth-order valence-electron chi connectivity index (χ4n) is 6.07. The van der Waals surface area contributed by atoms with Crippen LogP contribution < -0.4 is 0 Å². The fraction of sp³-hybridized carbons (Fsp3) is 0.464. The lowest BCUT2D eigenvalue weighted by molar-refractivity contribution is -0.133. The number of rotatable bonds is 5. The average Bonchev–Trinajstić information content (AvgIpc) is 3.61. The van der Waals surface area contributed by atoms with E-state index in [-0.39, 0.29) is 12.0 Å². The molecule has 8 nitrogen and oxygen atoms in total. The molecule has 0 radical (unpaired) electrons. The summed E-state index contributed by atoms with van der Waals surface area (Å²) in [4.78, 5) is 25.0.